The average molecular weight is 609 g/mol. The number of benzene rings is 2. The number of aryl methyl sites for hydroxylation is 1. The van der Waals surface area contributed by atoms with Crippen LogP contribution in [0.3, 0.4) is 0 Å². The minimum atomic E-state index is -0.512. The molecular formula is C25H23Br2NO5S. The second-order valence-electron chi connectivity index (χ2n) is 7.03. The number of carbonyl (C=O) groups is 2. The van der Waals surface area contributed by atoms with Gasteiger partial charge in [0, 0.05) is 21.0 Å². The monoisotopic (exact) mass is 607 g/mol. The molecule has 0 saturated heterocycles. The summed E-state index contributed by atoms with van der Waals surface area (Å²) in [6.45, 7) is 4.29. The molecule has 0 saturated carbocycles. The highest BCUT2D eigenvalue weighted by Crippen LogP contribution is 2.41. The zero-order chi connectivity index (χ0) is 24.8. The van der Waals surface area contributed by atoms with Crippen LogP contribution in [0.25, 0.3) is 17.2 Å². The van der Waals surface area contributed by atoms with Crippen molar-refractivity contribution in [3.63, 3.8) is 0 Å². The molecule has 0 unspecified atom stereocenters. The van der Waals surface area contributed by atoms with E-state index in [0.29, 0.717) is 28.7 Å². The number of anilines is 1. The molecule has 1 aromatic heterocycles. The summed E-state index contributed by atoms with van der Waals surface area (Å²) in [7, 11) is 2.88. The van der Waals surface area contributed by atoms with Gasteiger partial charge in [0.2, 0.25) is 5.91 Å². The van der Waals surface area contributed by atoms with Crippen LogP contribution in [-0.4, -0.2) is 32.7 Å². The predicted octanol–water partition coefficient (Wildman–Crippen LogP) is 7.09. The number of carbonyl (C=O) groups excluding carboxylic acids is 2. The Hall–Kier alpha value is -2.62. The van der Waals surface area contributed by atoms with E-state index in [1.165, 1.54) is 24.5 Å². The van der Waals surface area contributed by atoms with Crippen molar-refractivity contribution in [1.29, 1.82) is 0 Å². The first-order valence-corrected chi connectivity index (χ1v) is 12.7. The molecule has 0 spiro atoms. The number of nitrogens with one attached hydrogen (secondary N) is 1. The summed E-state index contributed by atoms with van der Waals surface area (Å²) >= 11 is 8.23. The summed E-state index contributed by atoms with van der Waals surface area (Å²) in [6.07, 6.45) is 3.06. The molecule has 0 fully saturated rings. The molecule has 1 N–H and O–H groups in total. The fourth-order valence-electron chi connectivity index (χ4n) is 3.34. The predicted molar refractivity (Wildman–Crippen MR) is 143 cm³/mol. The lowest BCUT2D eigenvalue weighted by atomic mass is 10.0. The molecule has 34 heavy (non-hydrogen) atoms. The summed E-state index contributed by atoms with van der Waals surface area (Å²) < 4.78 is 17.7. The quantitative estimate of drug-likeness (QED) is 0.218. The highest BCUT2D eigenvalue weighted by Gasteiger charge is 2.24. The van der Waals surface area contributed by atoms with Gasteiger partial charge in [-0.3, -0.25) is 4.79 Å². The molecule has 178 valence electrons. The maximum Gasteiger partial charge on any atom is 0.341 e. The Morgan fingerprint density at radius 3 is 2.44 bits per heavy atom. The Labute approximate surface area is 219 Å². The van der Waals surface area contributed by atoms with Crippen LogP contribution in [0.5, 0.6) is 11.5 Å². The number of halogens is 2. The number of thiophene rings is 1. The average Bonchev–Trinajstić information content (AvgIpc) is 3.14. The van der Waals surface area contributed by atoms with Gasteiger partial charge in [-0.15, -0.1) is 11.3 Å². The second kappa shape index (κ2) is 11.7. The van der Waals surface area contributed by atoms with E-state index in [4.69, 9.17) is 14.2 Å². The van der Waals surface area contributed by atoms with Crippen molar-refractivity contribution in [3.8, 4) is 22.6 Å². The highest BCUT2D eigenvalue weighted by molar-refractivity contribution is 9.10. The maximum atomic E-state index is 12.7. The number of hydrogen-bond acceptors (Lipinski definition) is 6. The lowest BCUT2D eigenvalue weighted by Crippen LogP contribution is -2.11. The van der Waals surface area contributed by atoms with E-state index in [9.17, 15) is 9.59 Å². The third kappa shape index (κ3) is 5.89. The Morgan fingerprint density at radius 1 is 1.12 bits per heavy atom. The van der Waals surface area contributed by atoms with Crippen LogP contribution in [0.1, 0.15) is 27.7 Å². The lowest BCUT2D eigenvalue weighted by Gasteiger charge is -2.12. The van der Waals surface area contributed by atoms with Crippen molar-refractivity contribution >= 4 is 66.2 Å². The lowest BCUT2D eigenvalue weighted by molar-refractivity contribution is -0.111. The van der Waals surface area contributed by atoms with Crippen LogP contribution in [0.4, 0.5) is 5.00 Å². The molecule has 0 radical (unpaired) electrons. The molecular weight excluding hydrogens is 586 g/mol. The topological polar surface area (TPSA) is 73.9 Å². The molecule has 3 rings (SSSR count). The van der Waals surface area contributed by atoms with Gasteiger partial charge < -0.3 is 19.5 Å². The van der Waals surface area contributed by atoms with E-state index in [1.54, 1.807) is 19.3 Å². The Balaban J connectivity index is 1.90. The molecule has 0 atom stereocenters. The third-order valence-corrected chi connectivity index (χ3v) is 6.95. The van der Waals surface area contributed by atoms with Gasteiger partial charge in [0.1, 0.15) is 10.6 Å². The number of rotatable bonds is 8. The summed E-state index contributed by atoms with van der Waals surface area (Å²) in [5.41, 5.74) is 2.68. The number of esters is 1. The first kappa shape index (κ1) is 26.0. The summed E-state index contributed by atoms with van der Waals surface area (Å²) in [5, 5.41) is 3.26. The summed E-state index contributed by atoms with van der Waals surface area (Å²) in [5.74, 6) is 0.264. The van der Waals surface area contributed by atoms with Crippen LogP contribution >= 0.6 is 43.2 Å². The Morgan fingerprint density at radius 2 is 1.82 bits per heavy atom. The third-order valence-electron chi connectivity index (χ3n) is 4.81. The fraction of sp³-hybridized carbons (Fsp3) is 0.200. The van der Waals surface area contributed by atoms with Crippen LogP contribution < -0.4 is 14.8 Å². The number of ether oxygens (including phenoxy) is 3. The zero-order valence-corrected chi connectivity index (χ0v) is 23.0. The SMILES string of the molecule is CCOc1c(Br)cc(/C=C/C(=O)Nc2sc(C)c(-c3ccc(Br)cc3)c2C(=O)OC)cc1OC. The molecule has 9 heteroatoms. The van der Waals surface area contributed by atoms with Crippen LogP contribution in [-0.2, 0) is 9.53 Å². The first-order valence-electron chi connectivity index (χ1n) is 10.3. The van der Waals surface area contributed by atoms with Crippen molar-refractivity contribution < 1.29 is 23.8 Å². The van der Waals surface area contributed by atoms with Crippen LogP contribution in [0.15, 0.2) is 51.4 Å². The van der Waals surface area contributed by atoms with E-state index >= 15 is 0 Å². The number of amides is 1. The molecule has 1 heterocycles. The fourth-order valence-corrected chi connectivity index (χ4v) is 5.25. The van der Waals surface area contributed by atoms with Gasteiger partial charge in [-0.2, -0.15) is 0 Å². The summed E-state index contributed by atoms with van der Waals surface area (Å²) in [6, 6.07) is 11.2. The molecule has 3 aromatic rings. The zero-order valence-electron chi connectivity index (χ0n) is 19.0. The van der Waals surface area contributed by atoms with Gasteiger partial charge in [0.05, 0.1) is 25.3 Å². The highest BCUT2D eigenvalue weighted by atomic mass is 79.9. The standard InChI is InChI=1S/C25H23Br2NO5S/c1-5-33-23-18(27)12-15(13-19(23)31-3)6-11-20(29)28-24-22(25(30)32-4)21(14(2)34-24)16-7-9-17(26)10-8-16/h6-13H,5H2,1-4H3,(H,28,29)/b11-6+. The number of hydrogen-bond donors (Lipinski definition) is 1. The minimum absolute atomic E-state index is 0.333. The van der Waals surface area contributed by atoms with Gasteiger partial charge in [0.25, 0.3) is 0 Å². The Kier molecular flexibility index (Phi) is 8.93. The van der Waals surface area contributed by atoms with Crippen LogP contribution in [0.2, 0.25) is 0 Å². The summed E-state index contributed by atoms with van der Waals surface area (Å²) in [4.78, 5) is 26.3. The maximum absolute atomic E-state index is 12.7. The van der Waals surface area contributed by atoms with E-state index in [2.05, 4.69) is 37.2 Å². The normalized spacial score (nSPS) is 10.9. The minimum Gasteiger partial charge on any atom is -0.493 e. The Bertz CT molecular complexity index is 1240. The van der Waals surface area contributed by atoms with Crippen molar-refractivity contribution in [2.45, 2.75) is 13.8 Å². The van der Waals surface area contributed by atoms with Crippen molar-refractivity contribution in [2.24, 2.45) is 0 Å². The first-order chi connectivity index (χ1) is 16.3. The van der Waals surface area contributed by atoms with Crippen LogP contribution in [0, 0.1) is 6.92 Å². The molecule has 6 nitrogen and oxygen atoms in total. The molecule has 1 amide bonds. The van der Waals surface area contributed by atoms with Crippen molar-refractivity contribution in [2.75, 3.05) is 26.1 Å². The molecule has 0 aliphatic rings. The smallest absolute Gasteiger partial charge is 0.341 e. The molecule has 0 bridgehead atoms. The van der Waals surface area contributed by atoms with Gasteiger partial charge in [-0.25, -0.2) is 4.79 Å². The largest absolute Gasteiger partial charge is 0.493 e. The van der Waals surface area contributed by atoms with E-state index in [0.717, 1.165) is 30.5 Å². The van der Waals surface area contributed by atoms with Gasteiger partial charge in [0.15, 0.2) is 11.5 Å². The van der Waals surface area contributed by atoms with Crippen molar-refractivity contribution in [3.05, 3.63) is 67.4 Å². The van der Waals surface area contributed by atoms with E-state index in [1.807, 2.05) is 44.2 Å². The van der Waals surface area contributed by atoms with Crippen molar-refractivity contribution in [1.82, 2.24) is 0 Å². The van der Waals surface area contributed by atoms with Gasteiger partial charge in [-0.1, -0.05) is 28.1 Å². The van der Waals surface area contributed by atoms with Gasteiger partial charge in [-0.05, 0) is 71.2 Å². The number of methoxy groups -OCH3 is 2. The molecule has 0 aliphatic carbocycles. The van der Waals surface area contributed by atoms with E-state index < -0.39 is 5.97 Å². The molecule has 2 aromatic carbocycles. The second-order valence-corrected chi connectivity index (χ2v) is 10.0. The molecule has 0 aliphatic heterocycles. The van der Waals surface area contributed by atoms with Gasteiger partial charge >= 0.3 is 5.97 Å². The van der Waals surface area contributed by atoms with E-state index in [-0.39, 0.29) is 5.91 Å².